The Bertz CT molecular complexity index is 282. The second-order valence-electron chi connectivity index (χ2n) is 5.63. The van der Waals surface area contributed by atoms with Crippen LogP contribution in [0.25, 0.3) is 0 Å². The maximum Gasteiger partial charge on any atom is 0.344 e. The van der Waals surface area contributed by atoms with E-state index >= 15 is 0 Å². The zero-order valence-corrected chi connectivity index (χ0v) is 12.6. The summed E-state index contributed by atoms with van der Waals surface area (Å²) in [7, 11) is -2.04. The Morgan fingerprint density at radius 1 is 1.12 bits per heavy atom. The van der Waals surface area contributed by atoms with Crippen molar-refractivity contribution in [1.29, 1.82) is 0 Å². The lowest BCUT2D eigenvalue weighted by Crippen LogP contribution is -2.51. The minimum absolute atomic E-state index is 0.542. The van der Waals surface area contributed by atoms with Crippen LogP contribution >= 0.6 is 0 Å². The molecular formula is C14H26O2Si. The third-order valence-electron chi connectivity index (χ3n) is 4.34. The fraction of sp³-hybridized carbons (Fsp3) is 0.857. The largest absolute Gasteiger partial charge is 0.394 e. The second kappa shape index (κ2) is 5.25. The molecule has 3 heteroatoms. The SMILES string of the molecule is CCO[Si](OCC)(C(C)C)C1CC2C=CC1C2. The molecule has 0 aromatic rings. The molecule has 0 radical (unpaired) electrons. The Morgan fingerprint density at radius 2 is 1.76 bits per heavy atom. The molecule has 98 valence electrons. The molecule has 2 nitrogen and oxygen atoms in total. The number of fused-ring (bicyclic) bond motifs is 2. The highest BCUT2D eigenvalue weighted by Gasteiger charge is 2.55. The van der Waals surface area contributed by atoms with Gasteiger partial charge in [-0.25, -0.2) is 0 Å². The molecule has 2 aliphatic carbocycles. The van der Waals surface area contributed by atoms with Gasteiger partial charge in [-0.2, -0.15) is 0 Å². The summed E-state index contributed by atoms with van der Waals surface area (Å²) in [6, 6.07) is 0. The average Bonchev–Trinajstić information content (AvgIpc) is 2.90. The molecule has 0 aromatic carbocycles. The summed E-state index contributed by atoms with van der Waals surface area (Å²) in [5.41, 5.74) is 1.22. The zero-order chi connectivity index (χ0) is 12.5. The van der Waals surface area contributed by atoms with E-state index in [9.17, 15) is 0 Å². The van der Waals surface area contributed by atoms with Gasteiger partial charge in [0.25, 0.3) is 0 Å². The fourth-order valence-electron chi connectivity index (χ4n) is 3.71. The first-order valence-electron chi connectivity index (χ1n) is 7.10. The summed E-state index contributed by atoms with van der Waals surface area (Å²) in [6.07, 6.45) is 7.46. The molecule has 0 saturated heterocycles. The minimum atomic E-state index is -2.04. The Labute approximate surface area is 107 Å². The molecule has 2 bridgehead atoms. The highest BCUT2D eigenvalue weighted by molar-refractivity contribution is 6.70. The third kappa shape index (κ3) is 2.25. The lowest BCUT2D eigenvalue weighted by molar-refractivity contribution is 0.160. The molecule has 0 spiro atoms. The van der Waals surface area contributed by atoms with Gasteiger partial charge in [-0.1, -0.05) is 26.0 Å². The maximum atomic E-state index is 6.25. The van der Waals surface area contributed by atoms with E-state index in [1.165, 1.54) is 12.8 Å². The normalized spacial score (nSPS) is 31.7. The van der Waals surface area contributed by atoms with E-state index in [0.717, 1.165) is 25.0 Å². The number of rotatable bonds is 6. The van der Waals surface area contributed by atoms with Crippen molar-refractivity contribution in [2.45, 2.75) is 51.6 Å². The van der Waals surface area contributed by atoms with Crippen LogP contribution in [0.2, 0.25) is 11.1 Å². The molecule has 0 aromatic heterocycles. The topological polar surface area (TPSA) is 18.5 Å². The van der Waals surface area contributed by atoms with E-state index in [0.29, 0.717) is 11.1 Å². The Morgan fingerprint density at radius 3 is 2.12 bits per heavy atom. The van der Waals surface area contributed by atoms with Crippen molar-refractivity contribution in [3.05, 3.63) is 12.2 Å². The third-order valence-corrected chi connectivity index (χ3v) is 9.13. The standard InChI is InChI=1S/C14H26O2Si/c1-5-15-17(11(3)4,16-6-2)14-10-12-7-8-13(14)9-12/h7-8,11-14H,5-6,9-10H2,1-4H3. The first-order chi connectivity index (χ1) is 8.14. The van der Waals surface area contributed by atoms with E-state index in [1.807, 2.05) is 0 Å². The van der Waals surface area contributed by atoms with Crippen molar-refractivity contribution in [2.24, 2.45) is 11.8 Å². The van der Waals surface area contributed by atoms with Gasteiger partial charge in [0.2, 0.25) is 0 Å². The van der Waals surface area contributed by atoms with Gasteiger partial charge in [0.15, 0.2) is 0 Å². The van der Waals surface area contributed by atoms with E-state index in [4.69, 9.17) is 8.85 Å². The molecule has 0 N–H and O–H groups in total. The molecule has 2 aliphatic rings. The lowest BCUT2D eigenvalue weighted by atomic mass is 10.1. The van der Waals surface area contributed by atoms with E-state index < -0.39 is 8.56 Å². The van der Waals surface area contributed by atoms with Crippen LogP contribution in [0.1, 0.15) is 40.5 Å². The quantitative estimate of drug-likeness (QED) is 0.529. The highest BCUT2D eigenvalue weighted by atomic mass is 28.4. The number of hydrogen-bond donors (Lipinski definition) is 0. The first-order valence-corrected chi connectivity index (χ1v) is 9.07. The molecule has 17 heavy (non-hydrogen) atoms. The Balaban J connectivity index is 2.22. The van der Waals surface area contributed by atoms with Crippen LogP contribution in [0.15, 0.2) is 12.2 Å². The summed E-state index contributed by atoms with van der Waals surface area (Å²) in [5, 5.41) is 0. The molecule has 0 aliphatic heterocycles. The smallest absolute Gasteiger partial charge is 0.344 e. The Hall–Kier alpha value is -0.123. The van der Waals surface area contributed by atoms with Crippen LogP contribution in [0.5, 0.6) is 0 Å². The number of allylic oxidation sites excluding steroid dienone is 2. The molecular weight excluding hydrogens is 228 g/mol. The number of hydrogen-bond acceptors (Lipinski definition) is 2. The summed E-state index contributed by atoms with van der Waals surface area (Å²) in [5.74, 6) is 1.53. The maximum absolute atomic E-state index is 6.25. The molecule has 3 atom stereocenters. The fourth-order valence-corrected chi connectivity index (χ4v) is 8.12. The van der Waals surface area contributed by atoms with Crippen molar-refractivity contribution >= 4 is 8.56 Å². The van der Waals surface area contributed by atoms with Crippen molar-refractivity contribution in [3.63, 3.8) is 0 Å². The van der Waals surface area contributed by atoms with Gasteiger partial charge >= 0.3 is 8.56 Å². The molecule has 0 heterocycles. The van der Waals surface area contributed by atoms with Crippen LogP contribution in [-0.2, 0) is 8.85 Å². The summed E-state index contributed by atoms with van der Waals surface area (Å²) in [4.78, 5) is 0. The van der Waals surface area contributed by atoms with Crippen LogP contribution in [-0.4, -0.2) is 21.8 Å². The zero-order valence-electron chi connectivity index (χ0n) is 11.6. The average molecular weight is 254 g/mol. The van der Waals surface area contributed by atoms with Gasteiger partial charge in [0.1, 0.15) is 0 Å². The molecule has 2 rings (SSSR count). The molecule has 1 saturated carbocycles. The predicted molar refractivity (Wildman–Crippen MR) is 73.2 cm³/mol. The van der Waals surface area contributed by atoms with Gasteiger partial charge < -0.3 is 8.85 Å². The monoisotopic (exact) mass is 254 g/mol. The van der Waals surface area contributed by atoms with Gasteiger partial charge in [-0.3, -0.25) is 0 Å². The molecule has 0 amide bonds. The summed E-state index contributed by atoms with van der Waals surface area (Å²) >= 11 is 0. The van der Waals surface area contributed by atoms with Crippen molar-refractivity contribution in [3.8, 4) is 0 Å². The summed E-state index contributed by atoms with van der Waals surface area (Å²) in [6.45, 7) is 10.4. The van der Waals surface area contributed by atoms with Crippen molar-refractivity contribution < 1.29 is 8.85 Å². The van der Waals surface area contributed by atoms with Gasteiger partial charge in [0.05, 0.1) is 0 Å². The van der Waals surface area contributed by atoms with Crippen LogP contribution in [0.3, 0.4) is 0 Å². The van der Waals surface area contributed by atoms with Gasteiger partial charge in [-0.05, 0) is 44.1 Å². The van der Waals surface area contributed by atoms with E-state index in [1.54, 1.807) is 0 Å². The summed E-state index contributed by atoms with van der Waals surface area (Å²) < 4.78 is 12.5. The highest BCUT2D eigenvalue weighted by Crippen LogP contribution is 2.54. The minimum Gasteiger partial charge on any atom is -0.394 e. The Kier molecular flexibility index (Phi) is 4.11. The molecule has 3 unspecified atom stereocenters. The van der Waals surface area contributed by atoms with Gasteiger partial charge in [0, 0.05) is 18.8 Å². The van der Waals surface area contributed by atoms with Crippen LogP contribution in [0, 0.1) is 11.8 Å². The first kappa shape index (κ1) is 13.3. The molecule has 1 fully saturated rings. The van der Waals surface area contributed by atoms with Gasteiger partial charge in [-0.15, -0.1) is 0 Å². The lowest BCUT2D eigenvalue weighted by Gasteiger charge is -2.41. The van der Waals surface area contributed by atoms with E-state index in [2.05, 4.69) is 39.8 Å². The van der Waals surface area contributed by atoms with Crippen molar-refractivity contribution in [2.75, 3.05) is 13.2 Å². The predicted octanol–water partition coefficient (Wildman–Crippen LogP) is 3.88. The van der Waals surface area contributed by atoms with E-state index in [-0.39, 0.29) is 0 Å². The second-order valence-corrected chi connectivity index (χ2v) is 9.55. The van der Waals surface area contributed by atoms with Crippen LogP contribution < -0.4 is 0 Å². The van der Waals surface area contributed by atoms with Crippen LogP contribution in [0.4, 0.5) is 0 Å². The van der Waals surface area contributed by atoms with Crippen molar-refractivity contribution in [1.82, 2.24) is 0 Å².